The molecule has 1 aromatic rings. The predicted molar refractivity (Wildman–Crippen MR) is 74.1 cm³/mol. The van der Waals surface area contributed by atoms with Crippen LogP contribution in [0.3, 0.4) is 0 Å². The van der Waals surface area contributed by atoms with Crippen LogP contribution in [-0.4, -0.2) is 13.7 Å². The van der Waals surface area contributed by atoms with Crippen LogP contribution >= 0.6 is 0 Å². The first-order valence-electron chi connectivity index (χ1n) is 6.63. The Morgan fingerprint density at radius 3 is 2.78 bits per heavy atom. The third kappa shape index (κ3) is 2.69. The molecule has 0 saturated heterocycles. The van der Waals surface area contributed by atoms with Gasteiger partial charge < -0.3 is 5.73 Å². The van der Waals surface area contributed by atoms with Crippen LogP contribution in [0.4, 0.5) is 5.69 Å². The minimum atomic E-state index is -3.21. The summed E-state index contributed by atoms with van der Waals surface area (Å²) in [4.78, 5) is 0.379. The van der Waals surface area contributed by atoms with Crippen LogP contribution in [0.1, 0.15) is 39.0 Å². The van der Waals surface area contributed by atoms with Crippen LogP contribution in [0.2, 0.25) is 0 Å². The van der Waals surface area contributed by atoms with Crippen LogP contribution in [0.5, 0.6) is 0 Å². The first-order chi connectivity index (χ1) is 8.54. The van der Waals surface area contributed by atoms with Gasteiger partial charge in [-0.05, 0) is 37.0 Å². The summed E-state index contributed by atoms with van der Waals surface area (Å²) in [5, 5.41) is -0.224. The van der Waals surface area contributed by atoms with Gasteiger partial charge in [0.05, 0.1) is 10.1 Å². The van der Waals surface area contributed by atoms with Crippen molar-refractivity contribution in [1.82, 2.24) is 0 Å². The Labute approximate surface area is 109 Å². The highest BCUT2D eigenvalue weighted by Gasteiger charge is 2.32. The number of hydrogen-bond acceptors (Lipinski definition) is 3. The fourth-order valence-corrected chi connectivity index (χ4v) is 4.73. The molecule has 0 radical (unpaired) electrons. The molecule has 1 aromatic carbocycles. The van der Waals surface area contributed by atoms with Crippen LogP contribution in [0.25, 0.3) is 0 Å². The Hall–Kier alpha value is -1.03. The molecule has 1 aliphatic rings. The summed E-state index contributed by atoms with van der Waals surface area (Å²) in [6, 6.07) is 6.66. The van der Waals surface area contributed by atoms with E-state index in [1.54, 1.807) is 24.3 Å². The van der Waals surface area contributed by atoms with E-state index in [-0.39, 0.29) is 5.25 Å². The van der Waals surface area contributed by atoms with Crippen molar-refractivity contribution in [2.75, 3.05) is 5.73 Å². The number of rotatable bonds is 3. The molecule has 2 unspecified atom stereocenters. The second-order valence-electron chi connectivity index (χ2n) is 5.18. The van der Waals surface area contributed by atoms with E-state index < -0.39 is 9.84 Å². The van der Waals surface area contributed by atoms with Crippen LogP contribution in [0.15, 0.2) is 29.2 Å². The molecule has 18 heavy (non-hydrogen) atoms. The van der Waals surface area contributed by atoms with Crippen molar-refractivity contribution in [2.24, 2.45) is 5.92 Å². The molecule has 4 heteroatoms. The van der Waals surface area contributed by atoms with E-state index in [2.05, 4.69) is 6.92 Å². The molecule has 2 rings (SSSR count). The lowest BCUT2D eigenvalue weighted by atomic mass is 9.87. The van der Waals surface area contributed by atoms with Crippen molar-refractivity contribution in [3.63, 3.8) is 0 Å². The van der Waals surface area contributed by atoms with E-state index in [1.165, 1.54) is 6.42 Å². The second kappa shape index (κ2) is 5.31. The second-order valence-corrected chi connectivity index (χ2v) is 7.41. The van der Waals surface area contributed by atoms with Gasteiger partial charge in [0, 0.05) is 5.69 Å². The van der Waals surface area contributed by atoms with Gasteiger partial charge in [-0.3, -0.25) is 0 Å². The topological polar surface area (TPSA) is 60.2 Å². The van der Waals surface area contributed by atoms with E-state index in [1.807, 2.05) is 0 Å². The monoisotopic (exact) mass is 267 g/mol. The molecule has 3 nitrogen and oxygen atoms in total. The van der Waals surface area contributed by atoms with Gasteiger partial charge >= 0.3 is 0 Å². The van der Waals surface area contributed by atoms with Crippen molar-refractivity contribution >= 4 is 15.5 Å². The lowest BCUT2D eigenvalue weighted by Gasteiger charge is -2.28. The highest BCUT2D eigenvalue weighted by atomic mass is 32.2. The van der Waals surface area contributed by atoms with Crippen molar-refractivity contribution in [1.29, 1.82) is 0 Å². The molecule has 1 fully saturated rings. The Balaban J connectivity index is 2.25. The summed E-state index contributed by atoms with van der Waals surface area (Å²) in [6.07, 6.45) is 4.84. The fraction of sp³-hybridized carbons (Fsp3) is 0.571. The van der Waals surface area contributed by atoms with Crippen molar-refractivity contribution in [3.8, 4) is 0 Å². The molecular formula is C14H21NO2S. The summed E-state index contributed by atoms with van der Waals surface area (Å²) >= 11 is 0. The van der Waals surface area contributed by atoms with Crippen molar-refractivity contribution < 1.29 is 8.42 Å². The number of nitrogen functional groups attached to an aromatic ring is 1. The third-order valence-electron chi connectivity index (χ3n) is 3.94. The molecule has 0 bridgehead atoms. The van der Waals surface area contributed by atoms with Gasteiger partial charge in [0.1, 0.15) is 0 Å². The molecule has 0 heterocycles. The fourth-order valence-electron chi connectivity index (χ4n) is 2.78. The van der Waals surface area contributed by atoms with Crippen molar-refractivity contribution in [2.45, 2.75) is 49.2 Å². The maximum Gasteiger partial charge on any atom is 0.181 e. The van der Waals surface area contributed by atoms with Gasteiger partial charge in [0.2, 0.25) is 0 Å². The first-order valence-corrected chi connectivity index (χ1v) is 8.18. The van der Waals surface area contributed by atoms with Gasteiger partial charge in [-0.1, -0.05) is 32.3 Å². The van der Waals surface area contributed by atoms with Crippen LogP contribution < -0.4 is 5.73 Å². The predicted octanol–water partition coefficient (Wildman–Crippen LogP) is 3.01. The molecule has 1 aliphatic carbocycles. The summed E-state index contributed by atoms with van der Waals surface area (Å²) in [6.45, 7) is 2.14. The van der Waals surface area contributed by atoms with Gasteiger partial charge in [-0.25, -0.2) is 8.42 Å². The maximum absolute atomic E-state index is 12.5. The van der Waals surface area contributed by atoms with E-state index in [0.29, 0.717) is 16.5 Å². The summed E-state index contributed by atoms with van der Waals surface area (Å²) in [5.74, 6) is 0.555. The quantitative estimate of drug-likeness (QED) is 0.856. The largest absolute Gasteiger partial charge is 0.399 e. The van der Waals surface area contributed by atoms with E-state index in [0.717, 1.165) is 25.7 Å². The lowest BCUT2D eigenvalue weighted by molar-refractivity contribution is 0.348. The minimum absolute atomic E-state index is 0.224. The number of benzene rings is 1. The Kier molecular flexibility index (Phi) is 3.95. The van der Waals surface area contributed by atoms with Crippen molar-refractivity contribution in [3.05, 3.63) is 24.3 Å². The Morgan fingerprint density at radius 1 is 1.33 bits per heavy atom. The average molecular weight is 267 g/mol. The van der Waals surface area contributed by atoms with Gasteiger partial charge in [-0.15, -0.1) is 0 Å². The minimum Gasteiger partial charge on any atom is -0.399 e. The lowest BCUT2D eigenvalue weighted by Crippen LogP contribution is -2.28. The molecule has 0 amide bonds. The molecule has 0 aliphatic heterocycles. The highest BCUT2D eigenvalue weighted by molar-refractivity contribution is 7.92. The molecular weight excluding hydrogens is 246 g/mol. The van der Waals surface area contributed by atoms with Gasteiger partial charge in [0.25, 0.3) is 0 Å². The summed E-state index contributed by atoms with van der Waals surface area (Å²) in [7, 11) is -3.21. The summed E-state index contributed by atoms with van der Waals surface area (Å²) < 4.78 is 25.1. The zero-order valence-electron chi connectivity index (χ0n) is 10.8. The van der Waals surface area contributed by atoms with Crippen LogP contribution in [0, 0.1) is 5.92 Å². The highest BCUT2D eigenvalue weighted by Crippen LogP contribution is 2.33. The maximum atomic E-state index is 12.5. The first kappa shape index (κ1) is 13.4. The molecule has 1 saturated carbocycles. The van der Waals surface area contributed by atoms with E-state index in [4.69, 9.17) is 5.73 Å². The van der Waals surface area contributed by atoms with Crippen LogP contribution in [-0.2, 0) is 9.84 Å². The average Bonchev–Trinajstić information content (AvgIpc) is 2.39. The SMILES string of the molecule is CCC1CCCC(S(=O)(=O)c2cccc(N)c2)C1. The standard InChI is InChI=1S/C14H21NO2S/c1-2-11-5-3-7-13(9-11)18(16,17)14-8-4-6-12(15)10-14/h4,6,8,10-11,13H,2-3,5,7,9,15H2,1H3. The Bertz CT molecular complexity index is 510. The number of sulfone groups is 1. The normalized spacial score (nSPS) is 24.9. The van der Waals surface area contributed by atoms with E-state index >= 15 is 0 Å². The molecule has 0 spiro atoms. The zero-order chi connectivity index (χ0) is 13.2. The molecule has 0 aromatic heterocycles. The van der Waals surface area contributed by atoms with E-state index in [9.17, 15) is 8.42 Å². The Morgan fingerprint density at radius 2 is 2.11 bits per heavy atom. The zero-order valence-corrected chi connectivity index (χ0v) is 11.6. The number of nitrogens with two attached hydrogens (primary N) is 1. The smallest absolute Gasteiger partial charge is 0.181 e. The summed E-state index contributed by atoms with van der Waals surface area (Å²) in [5.41, 5.74) is 6.19. The number of anilines is 1. The molecule has 2 N–H and O–H groups in total. The number of hydrogen-bond donors (Lipinski definition) is 1. The van der Waals surface area contributed by atoms with Gasteiger partial charge in [-0.2, -0.15) is 0 Å². The molecule has 2 atom stereocenters. The van der Waals surface area contributed by atoms with Gasteiger partial charge in [0.15, 0.2) is 9.84 Å². The molecule has 100 valence electrons. The third-order valence-corrected chi connectivity index (χ3v) is 6.15.